The minimum absolute atomic E-state index is 0.546. The Balaban J connectivity index is 1.52. The third-order valence-corrected chi connectivity index (χ3v) is 4.48. The number of benzene rings is 3. The van der Waals surface area contributed by atoms with Crippen molar-refractivity contribution in [2.24, 2.45) is 0 Å². The molecule has 4 nitrogen and oxygen atoms in total. The summed E-state index contributed by atoms with van der Waals surface area (Å²) >= 11 is 5.36. The molecule has 0 bridgehead atoms. The summed E-state index contributed by atoms with van der Waals surface area (Å²) in [6, 6.07) is 28.9. The van der Waals surface area contributed by atoms with E-state index in [9.17, 15) is 0 Å². The molecule has 4 aromatic rings. The molecule has 0 fully saturated rings. The summed E-state index contributed by atoms with van der Waals surface area (Å²) in [5.74, 6) is 0.775. The van der Waals surface area contributed by atoms with E-state index < -0.39 is 0 Å². The van der Waals surface area contributed by atoms with Crippen LogP contribution in [0.15, 0.2) is 84.9 Å². The first kappa shape index (κ1) is 16.3. The highest BCUT2D eigenvalue weighted by Crippen LogP contribution is 2.20. The topological polar surface area (TPSA) is 45.6 Å². The molecule has 128 valence electrons. The number of nitrogens with zero attached hydrogens (tertiary/aromatic N) is 2. The highest BCUT2D eigenvalue weighted by Gasteiger charge is 2.08. The number of aromatic nitrogens is 3. The van der Waals surface area contributed by atoms with Crippen LogP contribution in [0.4, 0.5) is 0 Å². The summed E-state index contributed by atoms with van der Waals surface area (Å²) in [7, 11) is 0. The van der Waals surface area contributed by atoms with Crippen LogP contribution in [-0.2, 0) is 6.54 Å². The number of nitrogens with one attached hydrogen (secondary N) is 2. The Morgan fingerprint density at radius 2 is 1.35 bits per heavy atom. The van der Waals surface area contributed by atoms with Crippen molar-refractivity contribution in [1.82, 2.24) is 14.9 Å². The highest BCUT2D eigenvalue weighted by molar-refractivity contribution is 7.71. The van der Waals surface area contributed by atoms with Gasteiger partial charge in [-0.25, -0.2) is 9.77 Å². The van der Waals surface area contributed by atoms with Crippen LogP contribution in [-0.4, -0.2) is 14.9 Å². The smallest absolute Gasteiger partial charge is 0.214 e. The van der Waals surface area contributed by atoms with Crippen molar-refractivity contribution in [1.29, 1.82) is 0 Å². The number of hydrogen-bond acceptors (Lipinski definition) is 3. The second-order valence-electron chi connectivity index (χ2n) is 5.95. The average Bonchev–Trinajstić information content (AvgIpc) is 3.08. The van der Waals surface area contributed by atoms with E-state index in [1.807, 2.05) is 41.1 Å². The van der Waals surface area contributed by atoms with Gasteiger partial charge in [-0.2, -0.15) is 5.10 Å². The van der Waals surface area contributed by atoms with Crippen molar-refractivity contribution in [3.63, 3.8) is 0 Å². The van der Waals surface area contributed by atoms with E-state index in [1.165, 1.54) is 16.7 Å². The fraction of sp³-hybridized carbons (Fsp3) is 0.0476. The van der Waals surface area contributed by atoms with Crippen LogP contribution >= 0.6 is 12.2 Å². The summed E-state index contributed by atoms with van der Waals surface area (Å²) in [5.41, 5.74) is 7.96. The average molecular weight is 358 g/mol. The minimum Gasteiger partial charge on any atom is -0.317 e. The van der Waals surface area contributed by atoms with E-state index in [0.29, 0.717) is 11.3 Å². The van der Waals surface area contributed by atoms with Crippen molar-refractivity contribution >= 4 is 12.2 Å². The van der Waals surface area contributed by atoms with Crippen LogP contribution < -0.4 is 5.43 Å². The molecule has 2 N–H and O–H groups in total. The van der Waals surface area contributed by atoms with E-state index in [1.54, 1.807) is 0 Å². The SMILES string of the molecule is S=c1[nH]nc(-c2ccccc2)n1NCc1ccc(-c2ccccc2)cc1. The lowest BCUT2D eigenvalue weighted by molar-refractivity contribution is 0.832. The van der Waals surface area contributed by atoms with Gasteiger partial charge in [0.1, 0.15) is 0 Å². The fourth-order valence-electron chi connectivity index (χ4n) is 2.84. The first-order valence-corrected chi connectivity index (χ1v) is 8.83. The Kier molecular flexibility index (Phi) is 4.62. The maximum atomic E-state index is 5.36. The van der Waals surface area contributed by atoms with Gasteiger partial charge in [-0.1, -0.05) is 84.9 Å². The predicted octanol–water partition coefficient (Wildman–Crippen LogP) is 5.02. The summed E-state index contributed by atoms with van der Waals surface area (Å²) in [5, 5.41) is 7.19. The Labute approximate surface area is 157 Å². The van der Waals surface area contributed by atoms with E-state index in [-0.39, 0.29) is 0 Å². The molecule has 0 saturated carbocycles. The molecule has 0 aliphatic heterocycles. The molecule has 0 atom stereocenters. The molecule has 3 aromatic carbocycles. The number of hydrogen-bond donors (Lipinski definition) is 2. The van der Waals surface area contributed by atoms with E-state index in [2.05, 4.69) is 64.2 Å². The Hall–Kier alpha value is -3.18. The molecule has 0 aliphatic carbocycles. The van der Waals surface area contributed by atoms with Gasteiger partial charge in [0.15, 0.2) is 5.82 Å². The Bertz CT molecular complexity index is 1030. The van der Waals surface area contributed by atoms with Crippen LogP contribution in [0.2, 0.25) is 0 Å². The van der Waals surface area contributed by atoms with E-state index >= 15 is 0 Å². The second kappa shape index (κ2) is 7.37. The van der Waals surface area contributed by atoms with Gasteiger partial charge in [0.2, 0.25) is 4.77 Å². The molecule has 0 amide bonds. The molecule has 1 heterocycles. The summed E-state index contributed by atoms with van der Waals surface area (Å²) in [6.07, 6.45) is 0. The van der Waals surface area contributed by atoms with Crippen LogP contribution in [0.3, 0.4) is 0 Å². The van der Waals surface area contributed by atoms with E-state index in [0.717, 1.165) is 11.4 Å². The van der Waals surface area contributed by atoms with Gasteiger partial charge in [-0.3, -0.25) is 0 Å². The van der Waals surface area contributed by atoms with Crippen LogP contribution in [0.5, 0.6) is 0 Å². The highest BCUT2D eigenvalue weighted by atomic mass is 32.1. The first-order chi connectivity index (χ1) is 12.8. The monoisotopic (exact) mass is 358 g/mol. The van der Waals surface area contributed by atoms with Crippen molar-refractivity contribution in [2.75, 3.05) is 5.43 Å². The van der Waals surface area contributed by atoms with Crippen molar-refractivity contribution in [2.45, 2.75) is 6.54 Å². The molecule has 0 saturated heterocycles. The molecule has 1 aromatic heterocycles. The molecule has 4 rings (SSSR count). The van der Waals surface area contributed by atoms with Gasteiger partial charge in [-0.15, -0.1) is 0 Å². The third-order valence-electron chi connectivity index (χ3n) is 4.21. The van der Waals surface area contributed by atoms with Gasteiger partial charge in [0.05, 0.1) is 6.54 Å². The van der Waals surface area contributed by atoms with Crippen LogP contribution in [0.25, 0.3) is 22.5 Å². The normalized spacial score (nSPS) is 10.6. The first-order valence-electron chi connectivity index (χ1n) is 8.42. The molecule has 0 spiro atoms. The Morgan fingerprint density at radius 1 is 0.769 bits per heavy atom. The molecule has 0 radical (unpaired) electrons. The maximum Gasteiger partial charge on any atom is 0.214 e. The maximum absolute atomic E-state index is 5.36. The zero-order valence-electron chi connectivity index (χ0n) is 14.1. The Morgan fingerprint density at radius 3 is 2.00 bits per heavy atom. The zero-order chi connectivity index (χ0) is 17.8. The molecular formula is C21H18N4S. The van der Waals surface area contributed by atoms with Gasteiger partial charge < -0.3 is 5.43 Å². The lowest BCUT2D eigenvalue weighted by Gasteiger charge is -2.11. The number of H-pyrrole nitrogens is 1. The lowest BCUT2D eigenvalue weighted by Crippen LogP contribution is -2.15. The van der Waals surface area contributed by atoms with E-state index in [4.69, 9.17) is 12.2 Å². The molecular weight excluding hydrogens is 340 g/mol. The quantitative estimate of drug-likeness (QED) is 0.493. The summed E-state index contributed by atoms with van der Waals surface area (Å²) in [6.45, 7) is 0.655. The standard InChI is InChI=1S/C21H18N4S/c26-21-24-23-20(19-9-5-2-6-10-19)25(21)22-15-16-11-13-18(14-12-16)17-7-3-1-4-8-17/h1-14,22H,15H2,(H,24,26). The third kappa shape index (κ3) is 3.43. The summed E-state index contributed by atoms with van der Waals surface area (Å²) < 4.78 is 2.36. The van der Waals surface area contributed by atoms with Gasteiger partial charge in [0.25, 0.3) is 0 Å². The second-order valence-corrected chi connectivity index (χ2v) is 6.34. The van der Waals surface area contributed by atoms with Crippen molar-refractivity contribution < 1.29 is 0 Å². The lowest BCUT2D eigenvalue weighted by atomic mass is 10.0. The van der Waals surface area contributed by atoms with Crippen molar-refractivity contribution in [3.05, 3.63) is 95.3 Å². The predicted molar refractivity (Wildman–Crippen MR) is 108 cm³/mol. The number of aromatic amines is 1. The van der Waals surface area contributed by atoms with Crippen molar-refractivity contribution in [3.8, 4) is 22.5 Å². The zero-order valence-corrected chi connectivity index (χ0v) is 14.9. The van der Waals surface area contributed by atoms with Gasteiger partial charge in [0, 0.05) is 5.56 Å². The van der Waals surface area contributed by atoms with Crippen LogP contribution in [0, 0.1) is 4.77 Å². The van der Waals surface area contributed by atoms with Crippen LogP contribution in [0.1, 0.15) is 5.56 Å². The molecule has 0 unspecified atom stereocenters. The largest absolute Gasteiger partial charge is 0.317 e. The minimum atomic E-state index is 0.546. The molecule has 5 heteroatoms. The molecule has 26 heavy (non-hydrogen) atoms. The number of rotatable bonds is 5. The fourth-order valence-corrected chi connectivity index (χ4v) is 3.04. The molecule has 0 aliphatic rings. The van der Waals surface area contributed by atoms with Gasteiger partial charge in [-0.05, 0) is 28.9 Å². The summed E-state index contributed by atoms with van der Waals surface area (Å²) in [4.78, 5) is 0. The van der Waals surface area contributed by atoms with Gasteiger partial charge >= 0.3 is 0 Å².